The molecular weight excluding hydrogens is 258 g/mol. The van der Waals surface area contributed by atoms with Gasteiger partial charge in [0.25, 0.3) is 0 Å². The number of benzene rings is 1. The second kappa shape index (κ2) is 6.36. The summed E-state index contributed by atoms with van der Waals surface area (Å²) in [6.45, 7) is 2.87. The first-order valence-corrected chi connectivity index (χ1v) is 6.32. The summed E-state index contributed by atoms with van der Waals surface area (Å²) in [6.07, 6.45) is 0. The van der Waals surface area contributed by atoms with E-state index in [2.05, 4.69) is 5.32 Å². The Labute approximate surface area is 116 Å². The highest BCUT2D eigenvalue weighted by atomic mass is 16.4. The zero-order valence-corrected chi connectivity index (χ0v) is 11.2. The highest BCUT2D eigenvalue weighted by molar-refractivity contribution is 5.86. The summed E-state index contributed by atoms with van der Waals surface area (Å²) < 4.78 is 5.26. The lowest BCUT2D eigenvalue weighted by Gasteiger charge is -2.04. The third kappa shape index (κ3) is 3.46. The van der Waals surface area contributed by atoms with Gasteiger partial charge in [-0.15, -0.1) is 0 Å². The van der Waals surface area contributed by atoms with E-state index in [1.54, 1.807) is 13.0 Å². The van der Waals surface area contributed by atoms with Gasteiger partial charge in [-0.2, -0.15) is 0 Å². The lowest BCUT2D eigenvalue weighted by Crippen LogP contribution is -2.12. The van der Waals surface area contributed by atoms with Crippen molar-refractivity contribution in [3.05, 3.63) is 58.5 Å². The van der Waals surface area contributed by atoms with Crippen LogP contribution in [0.3, 0.4) is 0 Å². The molecule has 1 heterocycles. The number of aromatic carboxylic acids is 1. The minimum absolute atomic E-state index is 0.00546. The Bertz CT molecular complexity index is 586. The van der Waals surface area contributed by atoms with Crippen molar-refractivity contribution in [1.82, 2.24) is 5.32 Å². The minimum Gasteiger partial charge on any atom is -0.475 e. The van der Waals surface area contributed by atoms with Crippen LogP contribution in [0.5, 0.6) is 0 Å². The number of aliphatic hydroxyl groups excluding tert-OH is 1. The number of hydrogen-bond acceptors (Lipinski definition) is 4. The summed E-state index contributed by atoms with van der Waals surface area (Å²) in [5.41, 5.74) is 2.59. The maximum absolute atomic E-state index is 10.9. The Morgan fingerprint density at radius 2 is 1.85 bits per heavy atom. The lowest BCUT2D eigenvalue weighted by atomic mass is 10.1. The molecule has 0 unspecified atom stereocenters. The topological polar surface area (TPSA) is 82.7 Å². The largest absolute Gasteiger partial charge is 0.475 e. The molecule has 20 heavy (non-hydrogen) atoms. The van der Waals surface area contributed by atoms with Crippen molar-refractivity contribution >= 4 is 5.97 Å². The number of aryl methyl sites for hydroxylation is 1. The first-order chi connectivity index (χ1) is 9.60. The van der Waals surface area contributed by atoms with Crippen LogP contribution >= 0.6 is 0 Å². The second-order valence-electron chi connectivity index (χ2n) is 4.61. The molecule has 0 radical (unpaired) electrons. The summed E-state index contributed by atoms with van der Waals surface area (Å²) in [6, 6.07) is 9.35. The maximum Gasteiger partial charge on any atom is 0.372 e. The van der Waals surface area contributed by atoms with Crippen LogP contribution in [0.15, 0.2) is 34.7 Å². The molecule has 1 aromatic heterocycles. The lowest BCUT2D eigenvalue weighted by molar-refractivity contribution is 0.0659. The van der Waals surface area contributed by atoms with Crippen LogP contribution in [0.2, 0.25) is 0 Å². The molecule has 0 atom stereocenters. The predicted octanol–water partition coefficient (Wildman–Crippen LogP) is 2.07. The van der Waals surface area contributed by atoms with E-state index in [9.17, 15) is 4.79 Å². The van der Waals surface area contributed by atoms with E-state index in [4.69, 9.17) is 14.6 Å². The molecule has 5 heteroatoms. The molecule has 0 aliphatic carbocycles. The number of hydrogen-bond donors (Lipinski definition) is 3. The monoisotopic (exact) mass is 275 g/mol. The van der Waals surface area contributed by atoms with Crippen LogP contribution in [0.1, 0.15) is 33.0 Å². The van der Waals surface area contributed by atoms with Crippen molar-refractivity contribution in [1.29, 1.82) is 0 Å². The Kier molecular flexibility index (Phi) is 4.55. The molecule has 0 amide bonds. The van der Waals surface area contributed by atoms with Gasteiger partial charge in [0, 0.05) is 12.1 Å². The Balaban J connectivity index is 1.89. The van der Waals surface area contributed by atoms with Crippen LogP contribution in [0.25, 0.3) is 0 Å². The van der Waals surface area contributed by atoms with E-state index < -0.39 is 5.97 Å². The number of nitrogens with one attached hydrogen (secondary N) is 1. The average molecular weight is 275 g/mol. The number of aliphatic hydroxyl groups is 1. The summed E-state index contributed by atoms with van der Waals surface area (Å²) >= 11 is 0. The number of furan rings is 1. The van der Waals surface area contributed by atoms with E-state index in [0.29, 0.717) is 24.4 Å². The molecule has 0 aliphatic rings. The number of rotatable bonds is 6. The first-order valence-electron chi connectivity index (χ1n) is 6.32. The van der Waals surface area contributed by atoms with Crippen LogP contribution in [-0.4, -0.2) is 16.2 Å². The number of carboxylic acids is 1. The summed E-state index contributed by atoms with van der Waals surface area (Å²) in [5, 5.41) is 21.0. The molecule has 2 rings (SSSR count). The SMILES string of the molecule is Cc1cc(CNCc2ccc(CO)cc2)oc1C(=O)O. The van der Waals surface area contributed by atoms with Gasteiger partial charge in [-0.3, -0.25) is 0 Å². The molecule has 1 aromatic carbocycles. The second-order valence-corrected chi connectivity index (χ2v) is 4.61. The third-order valence-electron chi connectivity index (χ3n) is 3.00. The highest BCUT2D eigenvalue weighted by Crippen LogP contribution is 2.14. The number of carboxylic acid groups (broad SMARTS) is 1. The normalized spacial score (nSPS) is 10.7. The molecule has 5 nitrogen and oxygen atoms in total. The Morgan fingerprint density at radius 3 is 2.40 bits per heavy atom. The first kappa shape index (κ1) is 14.3. The fraction of sp³-hybridized carbons (Fsp3) is 0.267. The predicted molar refractivity (Wildman–Crippen MR) is 73.3 cm³/mol. The van der Waals surface area contributed by atoms with Crippen molar-refractivity contribution in [3.63, 3.8) is 0 Å². The molecule has 0 saturated carbocycles. The molecule has 0 aliphatic heterocycles. The molecule has 0 bridgehead atoms. The van der Waals surface area contributed by atoms with Crippen molar-refractivity contribution in [2.24, 2.45) is 0 Å². The van der Waals surface area contributed by atoms with Crippen LogP contribution < -0.4 is 5.32 Å². The highest BCUT2D eigenvalue weighted by Gasteiger charge is 2.13. The Hall–Kier alpha value is -2.11. The van der Waals surface area contributed by atoms with Crippen LogP contribution in [-0.2, 0) is 19.7 Å². The average Bonchev–Trinajstić information content (AvgIpc) is 2.81. The molecule has 0 spiro atoms. The van der Waals surface area contributed by atoms with Gasteiger partial charge in [-0.25, -0.2) is 4.79 Å². The summed E-state index contributed by atoms with van der Waals surface area (Å²) in [7, 11) is 0. The zero-order valence-electron chi connectivity index (χ0n) is 11.2. The van der Waals surface area contributed by atoms with Crippen molar-refractivity contribution in [2.45, 2.75) is 26.6 Å². The summed E-state index contributed by atoms with van der Waals surface area (Å²) in [5.74, 6) is -0.450. The van der Waals surface area contributed by atoms with E-state index in [1.165, 1.54) is 0 Å². The van der Waals surface area contributed by atoms with E-state index in [1.807, 2.05) is 24.3 Å². The van der Waals surface area contributed by atoms with E-state index in [-0.39, 0.29) is 12.4 Å². The van der Waals surface area contributed by atoms with Gasteiger partial charge >= 0.3 is 5.97 Å². The molecular formula is C15H17NO4. The number of carbonyl (C=O) groups is 1. The van der Waals surface area contributed by atoms with Gasteiger partial charge in [0.15, 0.2) is 0 Å². The summed E-state index contributed by atoms with van der Waals surface area (Å²) in [4.78, 5) is 10.9. The van der Waals surface area contributed by atoms with Crippen molar-refractivity contribution in [3.8, 4) is 0 Å². The minimum atomic E-state index is -1.05. The standard InChI is InChI=1S/C15H17NO4/c1-10-6-13(20-14(10)15(18)19)8-16-7-11-2-4-12(9-17)5-3-11/h2-6,16-17H,7-9H2,1H3,(H,18,19). The third-order valence-corrected chi connectivity index (χ3v) is 3.00. The molecule has 0 fully saturated rings. The zero-order chi connectivity index (χ0) is 14.5. The molecule has 2 aromatic rings. The Morgan fingerprint density at radius 1 is 1.20 bits per heavy atom. The fourth-order valence-electron chi connectivity index (χ4n) is 1.94. The molecule has 0 saturated heterocycles. The van der Waals surface area contributed by atoms with Crippen molar-refractivity contribution in [2.75, 3.05) is 0 Å². The van der Waals surface area contributed by atoms with E-state index in [0.717, 1.165) is 11.1 Å². The van der Waals surface area contributed by atoms with Crippen LogP contribution in [0.4, 0.5) is 0 Å². The van der Waals surface area contributed by atoms with E-state index >= 15 is 0 Å². The molecule has 3 N–H and O–H groups in total. The fourth-order valence-corrected chi connectivity index (χ4v) is 1.94. The molecule has 106 valence electrons. The smallest absolute Gasteiger partial charge is 0.372 e. The van der Waals surface area contributed by atoms with Gasteiger partial charge in [-0.1, -0.05) is 24.3 Å². The van der Waals surface area contributed by atoms with Gasteiger partial charge in [0.05, 0.1) is 13.2 Å². The van der Waals surface area contributed by atoms with Gasteiger partial charge < -0.3 is 19.9 Å². The quantitative estimate of drug-likeness (QED) is 0.751. The van der Waals surface area contributed by atoms with Crippen molar-refractivity contribution < 1.29 is 19.4 Å². The van der Waals surface area contributed by atoms with Gasteiger partial charge in [0.2, 0.25) is 5.76 Å². The maximum atomic E-state index is 10.9. The van der Waals surface area contributed by atoms with Gasteiger partial charge in [0.1, 0.15) is 5.76 Å². The van der Waals surface area contributed by atoms with Gasteiger partial charge in [-0.05, 0) is 24.1 Å². The van der Waals surface area contributed by atoms with Crippen LogP contribution in [0, 0.1) is 6.92 Å².